The van der Waals surface area contributed by atoms with E-state index in [1.54, 1.807) is 12.1 Å². The monoisotopic (exact) mass is 327 g/mol. The van der Waals surface area contributed by atoms with Gasteiger partial charge in [0.05, 0.1) is 12.0 Å². The Morgan fingerprint density at radius 3 is 2.45 bits per heavy atom. The maximum absolute atomic E-state index is 12.5. The van der Waals surface area contributed by atoms with Gasteiger partial charge in [0, 0.05) is 11.1 Å². The third-order valence-electron chi connectivity index (χ3n) is 2.41. The van der Waals surface area contributed by atoms with Crippen LogP contribution in [0.1, 0.15) is 10.4 Å². The number of nitro groups is 1. The summed E-state index contributed by atoms with van der Waals surface area (Å²) in [5.74, 6) is -1.46. The summed E-state index contributed by atoms with van der Waals surface area (Å²) >= 11 is 5.39. The van der Waals surface area contributed by atoms with E-state index in [9.17, 15) is 19.3 Å². The first-order valence-electron chi connectivity index (χ1n) is 5.82. The molecule has 0 aliphatic carbocycles. The van der Waals surface area contributed by atoms with Crippen LogP contribution in [0.3, 0.4) is 0 Å². The fourth-order valence-corrected chi connectivity index (χ4v) is 1.55. The summed E-state index contributed by atoms with van der Waals surface area (Å²) in [5.41, 5.74) is -0.410. The second-order valence-corrected chi connectivity index (χ2v) is 4.30. The van der Waals surface area contributed by atoms with E-state index in [1.807, 2.05) is 0 Å². The predicted molar refractivity (Wildman–Crippen MR) is 77.5 cm³/mol. The van der Waals surface area contributed by atoms with Crippen molar-refractivity contribution in [3.8, 4) is 5.75 Å². The molecule has 2 rings (SSSR count). The Balaban J connectivity index is 0.000000220. The molecule has 0 aliphatic rings. The van der Waals surface area contributed by atoms with E-state index in [2.05, 4.69) is 4.74 Å². The fourth-order valence-electron chi connectivity index (χ4n) is 1.38. The molecule has 0 bridgehead atoms. The molecule has 0 amide bonds. The number of halogens is 2. The first kappa shape index (κ1) is 17.4. The number of nitrogens with zero attached hydrogens (tertiary/aromatic N) is 1. The number of ether oxygens (including phenoxy) is 1. The number of para-hydroxylation sites is 1. The Morgan fingerprint density at radius 2 is 1.95 bits per heavy atom. The molecule has 0 radical (unpaired) electrons. The van der Waals surface area contributed by atoms with Gasteiger partial charge in [0.15, 0.2) is 0 Å². The number of hydrogen-bond acceptors (Lipinski definition) is 5. The van der Waals surface area contributed by atoms with Crippen LogP contribution in [0.15, 0.2) is 42.5 Å². The summed E-state index contributed by atoms with van der Waals surface area (Å²) in [7, 11) is 1.27. The molecule has 0 fully saturated rings. The number of phenols is 1. The quantitative estimate of drug-likeness (QED) is 0.517. The van der Waals surface area contributed by atoms with Gasteiger partial charge in [-0.05, 0) is 24.3 Å². The standard InChI is InChI=1S/C8H8O3.C6H3ClFNO2/c1-11-8(10)6-4-2-3-5-7(6)9;7-4-1-2-5(8)6(3-4)9(10)11/h2-5,9H,1H3;1-3H. The normalized spacial score (nSPS) is 9.41. The van der Waals surface area contributed by atoms with Gasteiger partial charge in [-0.15, -0.1) is 0 Å². The van der Waals surface area contributed by atoms with E-state index in [-0.39, 0.29) is 16.3 Å². The molecular weight excluding hydrogens is 317 g/mol. The number of phenolic OH excluding ortho intramolecular Hbond substituents is 1. The highest BCUT2D eigenvalue weighted by atomic mass is 35.5. The van der Waals surface area contributed by atoms with Crippen molar-refractivity contribution in [3.05, 3.63) is 69.0 Å². The van der Waals surface area contributed by atoms with E-state index >= 15 is 0 Å². The summed E-state index contributed by atoms with van der Waals surface area (Å²) in [5, 5.41) is 19.3. The van der Waals surface area contributed by atoms with E-state index in [0.29, 0.717) is 0 Å². The van der Waals surface area contributed by atoms with Gasteiger partial charge in [-0.1, -0.05) is 23.7 Å². The molecule has 22 heavy (non-hydrogen) atoms. The van der Waals surface area contributed by atoms with Crippen LogP contribution in [-0.2, 0) is 4.74 Å². The lowest BCUT2D eigenvalue weighted by atomic mass is 10.2. The number of methoxy groups -OCH3 is 1. The van der Waals surface area contributed by atoms with Gasteiger partial charge in [0.1, 0.15) is 11.3 Å². The van der Waals surface area contributed by atoms with Crippen molar-refractivity contribution in [2.24, 2.45) is 0 Å². The minimum Gasteiger partial charge on any atom is -0.507 e. The Labute approximate surface area is 129 Å². The predicted octanol–water partition coefficient (Wildman–Crippen LogP) is 3.57. The highest BCUT2D eigenvalue weighted by molar-refractivity contribution is 6.30. The van der Waals surface area contributed by atoms with Crippen LogP contribution < -0.4 is 0 Å². The molecule has 8 heteroatoms. The van der Waals surface area contributed by atoms with Crippen molar-refractivity contribution in [3.63, 3.8) is 0 Å². The molecule has 1 N–H and O–H groups in total. The zero-order valence-electron chi connectivity index (χ0n) is 11.3. The Kier molecular flexibility index (Phi) is 6.27. The van der Waals surface area contributed by atoms with Crippen LogP contribution >= 0.6 is 11.6 Å². The molecule has 0 aliphatic heterocycles. The maximum atomic E-state index is 12.5. The van der Waals surface area contributed by atoms with Crippen LogP contribution in [-0.4, -0.2) is 23.1 Å². The summed E-state index contributed by atoms with van der Waals surface area (Å²) in [6.45, 7) is 0. The van der Waals surface area contributed by atoms with Crippen molar-refractivity contribution in [2.45, 2.75) is 0 Å². The smallest absolute Gasteiger partial charge is 0.341 e. The zero-order chi connectivity index (χ0) is 16.7. The minimum absolute atomic E-state index is 0.0562. The molecule has 0 atom stereocenters. The Bertz CT molecular complexity index is 693. The van der Waals surface area contributed by atoms with Gasteiger partial charge >= 0.3 is 11.7 Å². The van der Waals surface area contributed by atoms with Gasteiger partial charge in [-0.2, -0.15) is 4.39 Å². The summed E-state index contributed by atoms with van der Waals surface area (Å²) < 4.78 is 16.9. The second-order valence-electron chi connectivity index (χ2n) is 3.86. The SMILES string of the molecule is COC(=O)c1ccccc1O.O=[N+]([O-])c1cc(Cl)ccc1F. The van der Waals surface area contributed by atoms with E-state index in [4.69, 9.17) is 16.7 Å². The Morgan fingerprint density at radius 1 is 1.32 bits per heavy atom. The van der Waals surface area contributed by atoms with Gasteiger partial charge in [-0.3, -0.25) is 10.1 Å². The third-order valence-corrected chi connectivity index (χ3v) is 2.65. The second kappa shape index (κ2) is 7.94. The molecule has 0 heterocycles. The molecule has 0 aromatic heterocycles. The first-order chi connectivity index (χ1) is 10.4. The van der Waals surface area contributed by atoms with E-state index in [1.165, 1.54) is 25.3 Å². The average molecular weight is 328 g/mol. The molecule has 2 aromatic carbocycles. The van der Waals surface area contributed by atoms with Crippen molar-refractivity contribution in [1.82, 2.24) is 0 Å². The lowest BCUT2D eigenvalue weighted by Gasteiger charge is -1.99. The topological polar surface area (TPSA) is 89.7 Å². The highest BCUT2D eigenvalue weighted by Gasteiger charge is 2.13. The largest absolute Gasteiger partial charge is 0.507 e. The Hall–Kier alpha value is -2.67. The lowest BCUT2D eigenvalue weighted by molar-refractivity contribution is -0.387. The van der Waals surface area contributed by atoms with E-state index in [0.717, 1.165) is 12.1 Å². The van der Waals surface area contributed by atoms with Crippen LogP contribution in [0.25, 0.3) is 0 Å². The van der Waals surface area contributed by atoms with Gasteiger partial charge in [0.25, 0.3) is 0 Å². The summed E-state index contributed by atoms with van der Waals surface area (Å²) in [4.78, 5) is 20.1. The number of carbonyl (C=O) groups is 1. The van der Waals surface area contributed by atoms with Crippen molar-refractivity contribution < 1.29 is 24.0 Å². The number of aromatic hydroxyl groups is 1. The fraction of sp³-hybridized carbons (Fsp3) is 0.0714. The molecule has 116 valence electrons. The number of esters is 1. The van der Waals surface area contributed by atoms with Crippen molar-refractivity contribution in [1.29, 1.82) is 0 Å². The number of benzene rings is 2. The van der Waals surface area contributed by atoms with Crippen molar-refractivity contribution in [2.75, 3.05) is 7.11 Å². The summed E-state index contributed by atoms with van der Waals surface area (Å²) in [6, 6.07) is 9.42. The number of hydrogen-bond donors (Lipinski definition) is 1. The molecule has 0 unspecified atom stereocenters. The molecule has 0 spiro atoms. The van der Waals surface area contributed by atoms with Crippen LogP contribution in [0.5, 0.6) is 5.75 Å². The molecule has 0 saturated carbocycles. The van der Waals surface area contributed by atoms with Crippen molar-refractivity contribution >= 4 is 23.3 Å². The van der Waals surface area contributed by atoms with Gasteiger partial charge in [0.2, 0.25) is 5.82 Å². The van der Waals surface area contributed by atoms with Gasteiger partial charge in [-0.25, -0.2) is 4.79 Å². The lowest BCUT2D eigenvalue weighted by Crippen LogP contribution is -2.00. The van der Waals surface area contributed by atoms with E-state index < -0.39 is 22.4 Å². The molecule has 0 saturated heterocycles. The molecule has 6 nitrogen and oxygen atoms in total. The number of rotatable bonds is 2. The maximum Gasteiger partial charge on any atom is 0.341 e. The summed E-state index contributed by atoms with van der Waals surface area (Å²) in [6.07, 6.45) is 0. The number of carbonyl (C=O) groups excluding carboxylic acids is 1. The molecular formula is C14H11ClFNO5. The first-order valence-corrected chi connectivity index (χ1v) is 6.20. The highest BCUT2D eigenvalue weighted by Crippen LogP contribution is 2.21. The van der Waals surface area contributed by atoms with Crippen LogP contribution in [0.2, 0.25) is 5.02 Å². The zero-order valence-corrected chi connectivity index (χ0v) is 12.1. The van der Waals surface area contributed by atoms with Gasteiger partial charge < -0.3 is 9.84 Å². The van der Waals surface area contributed by atoms with Crippen LogP contribution in [0, 0.1) is 15.9 Å². The third kappa shape index (κ3) is 4.71. The van der Waals surface area contributed by atoms with Crippen LogP contribution in [0.4, 0.5) is 10.1 Å². The number of nitro benzene ring substituents is 1. The average Bonchev–Trinajstić information content (AvgIpc) is 2.50. The molecule has 2 aromatic rings. The minimum atomic E-state index is -0.876.